The van der Waals surface area contributed by atoms with Gasteiger partial charge in [-0.15, -0.1) is 0 Å². The van der Waals surface area contributed by atoms with E-state index < -0.39 is 0 Å². The monoisotopic (exact) mass is 316 g/mol. The molecule has 2 aliphatic rings. The third kappa shape index (κ3) is 4.33. The van der Waals surface area contributed by atoms with Crippen LogP contribution in [0.25, 0.3) is 0 Å². The first-order valence-electron chi connectivity index (χ1n) is 8.84. The number of morpholine rings is 1. The van der Waals surface area contributed by atoms with Gasteiger partial charge < -0.3 is 9.64 Å². The number of hydrogen-bond donors (Lipinski definition) is 0. The summed E-state index contributed by atoms with van der Waals surface area (Å²) in [7, 11) is 0. The Morgan fingerprint density at radius 2 is 1.70 bits per heavy atom. The van der Waals surface area contributed by atoms with Gasteiger partial charge in [-0.05, 0) is 44.7 Å². The van der Waals surface area contributed by atoms with E-state index in [1.807, 2.05) is 35.2 Å². The van der Waals surface area contributed by atoms with Gasteiger partial charge in [-0.1, -0.05) is 18.2 Å². The lowest BCUT2D eigenvalue weighted by atomic mass is 9.95. The number of hydrogen-bond acceptors (Lipinski definition) is 3. The van der Waals surface area contributed by atoms with Gasteiger partial charge in [0.25, 0.3) is 5.91 Å². The minimum Gasteiger partial charge on any atom is -0.373 e. The Kier molecular flexibility index (Phi) is 5.34. The van der Waals surface area contributed by atoms with Crippen molar-refractivity contribution in [3.05, 3.63) is 35.9 Å². The number of amides is 1. The van der Waals surface area contributed by atoms with E-state index in [9.17, 15) is 4.79 Å². The molecule has 4 nitrogen and oxygen atoms in total. The highest BCUT2D eigenvalue weighted by Gasteiger charge is 2.28. The molecule has 0 bridgehead atoms. The zero-order valence-electron chi connectivity index (χ0n) is 14.3. The predicted octanol–water partition coefficient (Wildman–Crippen LogP) is 2.65. The third-order valence-corrected chi connectivity index (χ3v) is 4.93. The molecule has 3 rings (SSSR count). The average Bonchev–Trinajstić information content (AvgIpc) is 2.55. The summed E-state index contributed by atoms with van der Waals surface area (Å²) >= 11 is 0. The van der Waals surface area contributed by atoms with Gasteiger partial charge >= 0.3 is 0 Å². The number of piperidine rings is 1. The van der Waals surface area contributed by atoms with Gasteiger partial charge in [-0.2, -0.15) is 0 Å². The number of nitrogens with zero attached hydrogens (tertiary/aromatic N) is 2. The molecule has 4 heteroatoms. The van der Waals surface area contributed by atoms with Crippen molar-refractivity contribution in [3.8, 4) is 0 Å². The van der Waals surface area contributed by atoms with Crippen LogP contribution in [-0.4, -0.2) is 60.6 Å². The Hall–Kier alpha value is -1.39. The first-order valence-corrected chi connectivity index (χ1v) is 8.84. The zero-order valence-corrected chi connectivity index (χ0v) is 14.3. The largest absolute Gasteiger partial charge is 0.373 e. The van der Waals surface area contributed by atoms with Crippen molar-refractivity contribution in [1.29, 1.82) is 0 Å². The highest BCUT2D eigenvalue weighted by Crippen LogP contribution is 2.22. The molecule has 0 radical (unpaired) electrons. The molecule has 2 atom stereocenters. The van der Waals surface area contributed by atoms with Crippen LogP contribution in [0.5, 0.6) is 0 Å². The van der Waals surface area contributed by atoms with Gasteiger partial charge in [-0.25, -0.2) is 0 Å². The lowest BCUT2D eigenvalue weighted by Crippen LogP contribution is -2.48. The third-order valence-electron chi connectivity index (χ3n) is 4.93. The molecule has 1 aromatic rings. The fourth-order valence-corrected chi connectivity index (χ4v) is 3.88. The van der Waals surface area contributed by atoms with Crippen molar-refractivity contribution in [2.45, 2.75) is 38.9 Å². The van der Waals surface area contributed by atoms with Crippen LogP contribution in [0.2, 0.25) is 0 Å². The minimum atomic E-state index is 0.178. The van der Waals surface area contributed by atoms with Crippen LogP contribution in [0, 0.1) is 5.92 Å². The maximum Gasteiger partial charge on any atom is 0.253 e. The number of ether oxygens (including phenoxy) is 1. The molecule has 23 heavy (non-hydrogen) atoms. The normalized spacial score (nSPS) is 27.1. The molecule has 0 spiro atoms. The van der Waals surface area contributed by atoms with Gasteiger partial charge in [0.15, 0.2) is 0 Å². The topological polar surface area (TPSA) is 32.8 Å². The highest BCUT2D eigenvalue weighted by atomic mass is 16.5. The van der Waals surface area contributed by atoms with Crippen LogP contribution in [-0.2, 0) is 4.74 Å². The second-order valence-electron chi connectivity index (χ2n) is 7.08. The molecular weight excluding hydrogens is 288 g/mol. The predicted molar refractivity (Wildman–Crippen MR) is 91.5 cm³/mol. The summed E-state index contributed by atoms with van der Waals surface area (Å²) in [4.78, 5) is 17.0. The van der Waals surface area contributed by atoms with E-state index in [2.05, 4.69) is 18.7 Å². The molecule has 0 aromatic heterocycles. The Morgan fingerprint density at radius 3 is 2.30 bits per heavy atom. The number of benzene rings is 1. The first kappa shape index (κ1) is 16.5. The summed E-state index contributed by atoms with van der Waals surface area (Å²) in [6.45, 7) is 9.29. The van der Waals surface area contributed by atoms with E-state index in [4.69, 9.17) is 4.74 Å². The van der Waals surface area contributed by atoms with Crippen LogP contribution in [0.3, 0.4) is 0 Å². The van der Waals surface area contributed by atoms with E-state index in [0.29, 0.717) is 18.1 Å². The Balaban J connectivity index is 1.48. The average molecular weight is 316 g/mol. The van der Waals surface area contributed by atoms with Gasteiger partial charge in [0.2, 0.25) is 0 Å². The van der Waals surface area contributed by atoms with Crippen LogP contribution in [0.15, 0.2) is 30.3 Å². The quantitative estimate of drug-likeness (QED) is 0.859. The fourth-order valence-electron chi connectivity index (χ4n) is 3.88. The molecule has 0 saturated carbocycles. The number of likely N-dealkylation sites (tertiary alicyclic amines) is 1. The molecule has 2 heterocycles. The number of carbonyl (C=O) groups excluding carboxylic acids is 1. The molecule has 0 aliphatic carbocycles. The lowest BCUT2D eigenvalue weighted by molar-refractivity contribution is -0.0728. The molecular formula is C19H28N2O2. The van der Waals surface area contributed by atoms with Crippen molar-refractivity contribution in [2.75, 3.05) is 32.7 Å². The molecule has 2 fully saturated rings. The van der Waals surface area contributed by atoms with E-state index >= 15 is 0 Å². The summed E-state index contributed by atoms with van der Waals surface area (Å²) in [5.41, 5.74) is 0.807. The lowest BCUT2D eigenvalue weighted by Gasteiger charge is -2.39. The SMILES string of the molecule is CC1CN(CC2CCN(C(=O)c3ccccc3)CC2)CC(C)O1. The van der Waals surface area contributed by atoms with Crippen LogP contribution >= 0.6 is 0 Å². The van der Waals surface area contributed by atoms with Gasteiger partial charge in [0.05, 0.1) is 12.2 Å². The Bertz CT molecular complexity index is 501. The molecule has 2 saturated heterocycles. The molecule has 2 unspecified atom stereocenters. The van der Waals surface area contributed by atoms with Gasteiger partial charge in [0, 0.05) is 38.3 Å². The summed E-state index contributed by atoms with van der Waals surface area (Å²) in [6.07, 6.45) is 2.88. The Labute approximate surface area is 139 Å². The van der Waals surface area contributed by atoms with Crippen molar-refractivity contribution in [3.63, 3.8) is 0 Å². The second-order valence-corrected chi connectivity index (χ2v) is 7.08. The molecule has 2 aliphatic heterocycles. The fraction of sp³-hybridized carbons (Fsp3) is 0.632. The smallest absolute Gasteiger partial charge is 0.253 e. The van der Waals surface area contributed by atoms with Crippen LogP contribution in [0.4, 0.5) is 0 Å². The number of carbonyl (C=O) groups is 1. The maximum absolute atomic E-state index is 12.5. The van der Waals surface area contributed by atoms with Gasteiger partial charge in [0.1, 0.15) is 0 Å². The standard InChI is InChI=1S/C19H28N2O2/c1-15-12-20(13-16(2)23-15)14-17-8-10-21(11-9-17)19(22)18-6-4-3-5-7-18/h3-7,15-17H,8-14H2,1-2H3. The highest BCUT2D eigenvalue weighted by molar-refractivity contribution is 5.94. The van der Waals surface area contributed by atoms with Crippen LogP contribution in [0.1, 0.15) is 37.0 Å². The van der Waals surface area contributed by atoms with Gasteiger partial charge in [-0.3, -0.25) is 9.69 Å². The summed E-state index contributed by atoms with van der Waals surface area (Å²) in [5.74, 6) is 0.880. The Morgan fingerprint density at radius 1 is 1.09 bits per heavy atom. The minimum absolute atomic E-state index is 0.178. The zero-order chi connectivity index (χ0) is 16.2. The summed E-state index contributed by atoms with van der Waals surface area (Å²) in [5, 5.41) is 0. The van der Waals surface area contributed by atoms with E-state index in [-0.39, 0.29) is 5.91 Å². The number of rotatable bonds is 3. The van der Waals surface area contributed by atoms with E-state index in [0.717, 1.165) is 51.1 Å². The summed E-state index contributed by atoms with van der Waals surface area (Å²) < 4.78 is 5.81. The second kappa shape index (κ2) is 7.45. The van der Waals surface area contributed by atoms with E-state index in [1.165, 1.54) is 0 Å². The molecule has 0 N–H and O–H groups in total. The van der Waals surface area contributed by atoms with Crippen molar-refractivity contribution >= 4 is 5.91 Å². The summed E-state index contributed by atoms with van der Waals surface area (Å²) in [6, 6.07) is 9.63. The van der Waals surface area contributed by atoms with Crippen molar-refractivity contribution < 1.29 is 9.53 Å². The van der Waals surface area contributed by atoms with E-state index in [1.54, 1.807) is 0 Å². The molecule has 1 amide bonds. The first-order chi connectivity index (χ1) is 11.1. The molecule has 1 aromatic carbocycles. The molecule has 126 valence electrons. The van der Waals surface area contributed by atoms with Crippen LogP contribution < -0.4 is 0 Å². The van der Waals surface area contributed by atoms with Crippen molar-refractivity contribution in [1.82, 2.24) is 9.80 Å². The maximum atomic E-state index is 12.5. The van der Waals surface area contributed by atoms with Crippen molar-refractivity contribution in [2.24, 2.45) is 5.92 Å².